The van der Waals surface area contributed by atoms with Gasteiger partial charge in [-0.05, 0) is 30.4 Å². The zero-order valence-corrected chi connectivity index (χ0v) is 11.8. The Hall–Kier alpha value is -2.04. The van der Waals surface area contributed by atoms with Crippen LogP contribution < -0.4 is 4.90 Å². The molecule has 1 N–H and O–H groups in total. The third-order valence-electron chi connectivity index (χ3n) is 3.89. The van der Waals surface area contributed by atoms with Gasteiger partial charge in [-0.2, -0.15) is 0 Å². The third-order valence-corrected chi connectivity index (χ3v) is 3.89. The van der Waals surface area contributed by atoms with Crippen molar-refractivity contribution in [3.05, 3.63) is 30.2 Å². The molecule has 5 nitrogen and oxygen atoms in total. The molecule has 1 saturated heterocycles. The molecule has 3 rings (SSSR count). The smallest absolute Gasteiger partial charge is 0.356 e. The summed E-state index contributed by atoms with van der Waals surface area (Å²) in [6.07, 6.45) is 4.81. The molecule has 0 bridgehead atoms. The zero-order valence-electron chi connectivity index (χ0n) is 11.8. The van der Waals surface area contributed by atoms with Gasteiger partial charge >= 0.3 is 5.97 Å². The highest BCUT2D eigenvalue weighted by atomic mass is 16.4. The van der Waals surface area contributed by atoms with Gasteiger partial charge in [0.15, 0.2) is 5.69 Å². The Bertz CT molecular complexity index is 640. The van der Waals surface area contributed by atoms with Gasteiger partial charge in [0.25, 0.3) is 0 Å². The van der Waals surface area contributed by atoms with Crippen molar-refractivity contribution in [2.45, 2.75) is 20.3 Å². The molecule has 0 spiro atoms. The molecule has 0 aliphatic carbocycles. The Morgan fingerprint density at radius 1 is 1.25 bits per heavy atom. The van der Waals surface area contributed by atoms with Crippen LogP contribution in [0.25, 0.3) is 5.65 Å². The van der Waals surface area contributed by atoms with E-state index in [2.05, 4.69) is 23.7 Å². The number of imidazole rings is 1. The third kappa shape index (κ3) is 2.35. The summed E-state index contributed by atoms with van der Waals surface area (Å²) >= 11 is 0. The fraction of sp³-hybridized carbons (Fsp3) is 0.467. The Balaban J connectivity index is 1.94. The summed E-state index contributed by atoms with van der Waals surface area (Å²) in [5, 5.41) is 8.99. The molecule has 2 unspecified atom stereocenters. The molecule has 1 aliphatic rings. The highest BCUT2D eigenvalue weighted by Crippen LogP contribution is 2.26. The van der Waals surface area contributed by atoms with Crippen molar-refractivity contribution in [3.63, 3.8) is 0 Å². The van der Waals surface area contributed by atoms with Crippen LogP contribution in [0, 0.1) is 11.8 Å². The van der Waals surface area contributed by atoms with E-state index in [9.17, 15) is 4.79 Å². The molecule has 2 aromatic heterocycles. The van der Waals surface area contributed by atoms with Gasteiger partial charge in [-0.3, -0.25) is 0 Å². The molecule has 2 atom stereocenters. The second kappa shape index (κ2) is 4.81. The summed E-state index contributed by atoms with van der Waals surface area (Å²) in [4.78, 5) is 17.4. The number of nitrogens with zero attached hydrogens (tertiary/aromatic N) is 3. The average Bonchev–Trinajstić information content (AvgIpc) is 2.80. The van der Waals surface area contributed by atoms with Crippen LogP contribution >= 0.6 is 0 Å². The minimum Gasteiger partial charge on any atom is -0.476 e. The predicted molar refractivity (Wildman–Crippen MR) is 77.3 cm³/mol. The number of rotatable bonds is 2. The van der Waals surface area contributed by atoms with Crippen molar-refractivity contribution in [2.24, 2.45) is 11.8 Å². The van der Waals surface area contributed by atoms with Gasteiger partial charge in [0, 0.05) is 25.5 Å². The van der Waals surface area contributed by atoms with Crippen LogP contribution in [0.15, 0.2) is 24.5 Å². The molecule has 2 aromatic rings. The molecule has 3 heterocycles. The molecule has 0 radical (unpaired) electrons. The zero-order chi connectivity index (χ0) is 14.3. The standard InChI is InChI=1S/C15H19N3O2/c1-10-5-11(2)7-17(6-10)12-3-4-14-16-13(15(19)20)9-18(14)8-12/h3-4,8-11H,5-7H2,1-2H3,(H,19,20). The number of aromatic carboxylic acids is 1. The van der Waals surface area contributed by atoms with Crippen LogP contribution in [0.2, 0.25) is 0 Å². The first-order valence-electron chi connectivity index (χ1n) is 7.00. The van der Waals surface area contributed by atoms with E-state index >= 15 is 0 Å². The summed E-state index contributed by atoms with van der Waals surface area (Å²) in [6.45, 7) is 6.66. The van der Waals surface area contributed by atoms with E-state index in [0.717, 1.165) is 18.8 Å². The lowest BCUT2D eigenvalue weighted by Gasteiger charge is -2.36. The molecule has 106 valence electrons. The van der Waals surface area contributed by atoms with Gasteiger partial charge in [-0.15, -0.1) is 0 Å². The molecule has 0 aromatic carbocycles. The van der Waals surface area contributed by atoms with Crippen LogP contribution in [0.4, 0.5) is 5.69 Å². The van der Waals surface area contributed by atoms with Crippen molar-refractivity contribution in [1.82, 2.24) is 9.38 Å². The average molecular weight is 273 g/mol. The van der Waals surface area contributed by atoms with E-state index in [1.165, 1.54) is 6.42 Å². The molecule has 1 fully saturated rings. The maximum Gasteiger partial charge on any atom is 0.356 e. The summed E-state index contributed by atoms with van der Waals surface area (Å²) in [5.41, 5.74) is 1.89. The van der Waals surface area contributed by atoms with Crippen molar-refractivity contribution >= 4 is 17.3 Å². The molecule has 0 saturated carbocycles. The Morgan fingerprint density at radius 3 is 2.60 bits per heavy atom. The number of aromatic nitrogens is 2. The molecule has 5 heteroatoms. The number of hydrogen-bond acceptors (Lipinski definition) is 3. The highest BCUT2D eigenvalue weighted by Gasteiger charge is 2.22. The monoisotopic (exact) mass is 273 g/mol. The van der Waals surface area contributed by atoms with Gasteiger partial charge < -0.3 is 14.4 Å². The first-order chi connectivity index (χ1) is 9.52. The summed E-state index contributed by atoms with van der Waals surface area (Å²) in [7, 11) is 0. The van der Waals surface area contributed by atoms with E-state index in [4.69, 9.17) is 5.11 Å². The van der Waals surface area contributed by atoms with Gasteiger partial charge in [-0.1, -0.05) is 13.8 Å². The maximum atomic E-state index is 11.0. The number of pyridine rings is 1. The lowest BCUT2D eigenvalue weighted by Crippen LogP contribution is -2.38. The molecule has 1 aliphatic heterocycles. The van der Waals surface area contributed by atoms with Crippen molar-refractivity contribution in [3.8, 4) is 0 Å². The van der Waals surface area contributed by atoms with Crippen LogP contribution in [0.3, 0.4) is 0 Å². The first kappa shape index (κ1) is 13.0. The number of hydrogen-bond donors (Lipinski definition) is 1. The topological polar surface area (TPSA) is 57.8 Å². The van der Waals surface area contributed by atoms with Crippen molar-refractivity contribution in [2.75, 3.05) is 18.0 Å². The number of carboxylic acids is 1. The summed E-state index contributed by atoms with van der Waals surface area (Å²) < 4.78 is 1.79. The lowest BCUT2D eigenvalue weighted by molar-refractivity contribution is 0.0691. The summed E-state index contributed by atoms with van der Waals surface area (Å²) in [5.74, 6) is 0.383. The fourth-order valence-corrected chi connectivity index (χ4v) is 3.14. The number of carbonyl (C=O) groups is 1. The minimum absolute atomic E-state index is 0.0857. The van der Waals surface area contributed by atoms with Gasteiger partial charge in [0.1, 0.15) is 5.65 Å². The molecule has 0 amide bonds. The van der Waals surface area contributed by atoms with Crippen molar-refractivity contribution in [1.29, 1.82) is 0 Å². The Kier molecular flexibility index (Phi) is 3.12. The van der Waals surface area contributed by atoms with E-state index in [-0.39, 0.29) is 5.69 Å². The van der Waals surface area contributed by atoms with Crippen LogP contribution in [-0.4, -0.2) is 33.6 Å². The molecule has 20 heavy (non-hydrogen) atoms. The molecular formula is C15H19N3O2. The predicted octanol–water partition coefficient (Wildman–Crippen LogP) is 2.51. The van der Waals surface area contributed by atoms with E-state index in [1.54, 1.807) is 10.6 Å². The van der Waals surface area contributed by atoms with Gasteiger partial charge in [-0.25, -0.2) is 9.78 Å². The highest BCUT2D eigenvalue weighted by molar-refractivity contribution is 5.86. The van der Waals surface area contributed by atoms with E-state index in [1.807, 2.05) is 18.3 Å². The van der Waals surface area contributed by atoms with E-state index in [0.29, 0.717) is 17.5 Å². The molecular weight excluding hydrogens is 254 g/mol. The largest absolute Gasteiger partial charge is 0.476 e. The van der Waals surface area contributed by atoms with Crippen LogP contribution in [0.5, 0.6) is 0 Å². The lowest BCUT2D eigenvalue weighted by atomic mass is 9.92. The number of fused-ring (bicyclic) bond motifs is 1. The maximum absolute atomic E-state index is 11.0. The normalized spacial score (nSPS) is 23.2. The second-order valence-electron chi connectivity index (χ2n) is 5.94. The summed E-state index contributed by atoms with van der Waals surface area (Å²) in [6, 6.07) is 3.91. The van der Waals surface area contributed by atoms with E-state index < -0.39 is 5.97 Å². The van der Waals surface area contributed by atoms with Crippen LogP contribution in [-0.2, 0) is 0 Å². The van der Waals surface area contributed by atoms with Gasteiger partial charge in [0.2, 0.25) is 0 Å². The fourth-order valence-electron chi connectivity index (χ4n) is 3.14. The van der Waals surface area contributed by atoms with Crippen molar-refractivity contribution < 1.29 is 9.90 Å². The minimum atomic E-state index is -0.990. The second-order valence-corrected chi connectivity index (χ2v) is 5.94. The number of piperidine rings is 1. The quantitative estimate of drug-likeness (QED) is 0.913. The van der Waals surface area contributed by atoms with Crippen LogP contribution in [0.1, 0.15) is 30.8 Å². The first-order valence-corrected chi connectivity index (χ1v) is 7.00. The van der Waals surface area contributed by atoms with Gasteiger partial charge in [0.05, 0.1) is 5.69 Å². The SMILES string of the molecule is CC1CC(C)CN(c2ccc3nc(C(=O)O)cn3c2)C1. The Morgan fingerprint density at radius 2 is 1.95 bits per heavy atom. The number of carboxylic acid groups (broad SMARTS) is 1. The Labute approximate surface area is 117 Å². The number of anilines is 1.